The number of morpholine rings is 1. The lowest BCUT2D eigenvalue weighted by molar-refractivity contribution is 0.0303. The third kappa shape index (κ3) is 6.62. The number of pyridine rings is 1. The van der Waals surface area contributed by atoms with Gasteiger partial charge in [-0.05, 0) is 43.5 Å². The molecule has 1 atom stereocenters. The number of carbonyl (C=O) groups is 3. The molecule has 0 spiro atoms. The molecule has 1 unspecified atom stereocenters. The van der Waals surface area contributed by atoms with E-state index in [2.05, 4.69) is 15.6 Å². The Balaban J connectivity index is 1.61. The Morgan fingerprint density at radius 1 is 1.18 bits per heavy atom. The zero-order valence-electron chi connectivity index (χ0n) is 21.4. The first-order chi connectivity index (χ1) is 18.4. The van der Waals surface area contributed by atoms with Crippen molar-refractivity contribution in [1.29, 1.82) is 0 Å². The predicted octanol–water partition coefficient (Wildman–Crippen LogP) is 2.42. The third-order valence-electron chi connectivity index (χ3n) is 6.44. The highest BCUT2D eigenvalue weighted by molar-refractivity contribution is 6.02. The van der Waals surface area contributed by atoms with E-state index in [-0.39, 0.29) is 23.4 Å². The first-order valence-corrected chi connectivity index (χ1v) is 12.8. The molecule has 2 saturated heterocycles. The summed E-state index contributed by atoms with van der Waals surface area (Å²) in [5, 5.41) is 14.9. The summed E-state index contributed by atoms with van der Waals surface area (Å²) in [6.45, 7) is 5.56. The number of hydrogen-bond acceptors (Lipinski definition) is 8. The number of piperidine rings is 1. The second-order valence-corrected chi connectivity index (χ2v) is 9.26. The Kier molecular flexibility index (Phi) is 8.85. The van der Waals surface area contributed by atoms with Gasteiger partial charge in [0.05, 0.1) is 25.5 Å². The molecular formula is C26H34N6O6. The first-order valence-electron chi connectivity index (χ1n) is 12.8. The molecule has 0 bridgehead atoms. The molecule has 1 aromatic carbocycles. The summed E-state index contributed by atoms with van der Waals surface area (Å²) in [4.78, 5) is 44.7. The second kappa shape index (κ2) is 12.5. The van der Waals surface area contributed by atoms with E-state index in [4.69, 9.17) is 20.3 Å². The Labute approximate surface area is 221 Å². The normalized spacial score (nSPS) is 17.6. The number of aromatic nitrogens is 1. The van der Waals surface area contributed by atoms with Crippen LogP contribution in [0.25, 0.3) is 0 Å². The summed E-state index contributed by atoms with van der Waals surface area (Å²) in [5.74, 6) is -0.0963. The number of amides is 3. The molecule has 12 heteroatoms. The van der Waals surface area contributed by atoms with Crippen LogP contribution in [-0.4, -0.2) is 84.9 Å². The number of hydrogen-bond donors (Lipinski definition) is 4. The van der Waals surface area contributed by atoms with E-state index in [1.165, 1.54) is 0 Å². The SMILES string of the molecule is CCCOc1nc(N2CCCC(NC(=O)O)C2)cc(Nc2ccc(C(=O)N3CCOCC3)cc2)c1C(N)=O. The maximum Gasteiger partial charge on any atom is 0.404 e. The summed E-state index contributed by atoms with van der Waals surface area (Å²) in [7, 11) is 0. The quantitative estimate of drug-likeness (QED) is 0.385. The van der Waals surface area contributed by atoms with Crippen LogP contribution in [-0.2, 0) is 4.74 Å². The molecule has 2 aromatic rings. The first kappa shape index (κ1) is 27.0. The van der Waals surface area contributed by atoms with Gasteiger partial charge in [0.1, 0.15) is 11.4 Å². The lowest BCUT2D eigenvalue weighted by Gasteiger charge is -2.34. The molecule has 1 aromatic heterocycles. The molecule has 0 saturated carbocycles. The highest BCUT2D eigenvalue weighted by atomic mass is 16.5. The Hall–Kier alpha value is -4.06. The van der Waals surface area contributed by atoms with Crippen molar-refractivity contribution < 1.29 is 29.0 Å². The van der Waals surface area contributed by atoms with Crippen LogP contribution in [0.3, 0.4) is 0 Å². The topological polar surface area (TPSA) is 159 Å². The van der Waals surface area contributed by atoms with E-state index < -0.39 is 12.0 Å². The van der Waals surface area contributed by atoms with Crippen LogP contribution in [0.15, 0.2) is 30.3 Å². The highest BCUT2D eigenvalue weighted by Gasteiger charge is 2.26. The number of nitrogens with two attached hydrogens (primary N) is 1. The average molecular weight is 527 g/mol. The molecule has 204 valence electrons. The van der Waals surface area contributed by atoms with Gasteiger partial charge in [0.25, 0.3) is 11.8 Å². The number of ether oxygens (including phenoxy) is 2. The van der Waals surface area contributed by atoms with E-state index in [1.807, 2.05) is 11.8 Å². The molecule has 38 heavy (non-hydrogen) atoms. The average Bonchev–Trinajstić information content (AvgIpc) is 2.91. The molecule has 3 heterocycles. The van der Waals surface area contributed by atoms with Gasteiger partial charge in [-0.25, -0.2) is 4.79 Å². The Morgan fingerprint density at radius 2 is 1.92 bits per heavy atom. The fourth-order valence-corrected chi connectivity index (χ4v) is 4.59. The van der Waals surface area contributed by atoms with Crippen molar-refractivity contribution in [3.8, 4) is 5.88 Å². The van der Waals surface area contributed by atoms with E-state index in [0.717, 1.165) is 12.8 Å². The van der Waals surface area contributed by atoms with Crippen molar-refractivity contribution >= 4 is 35.1 Å². The minimum atomic E-state index is -1.07. The van der Waals surface area contributed by atoms with Crippen LogP contribution < -0.4 is 26.0 Å². The smallest absolute Gasteiger partial charge is 0.404 e. The van der Waals surface area contributed by atoms with E-state index in [1.54, 1.807) is 35.2 Å². The number of anilines is 3. The number of benzene rings is 1. The predicted molar refractivity (Wildman–Crippen MR) is 141 cm³/mol. The monoisotopic (exact) mass is 526 g/mol. The zero-order chi connectivity index (χ0) is 27.1. The Bertz CT molecular complexity index is 1150. The van der Waals surface area contributed by atoms with Crippen LogP contribution in [0.5, 0.6) is 5.88 Å². The fourth-order valence-electron chi connectivity index (χ4n) is 4.59. The van der Waals surface area contributed by atoms with Crippen molar-refractivity contribution in [1.82, 2.24) is 15.2 Å². The molecule has 2 aliphatic heterocycles. The zero-order valence-corrected chi connectivity index (χ0v) is 21.4. The molecule has 5 N–H and O–H groups in total. The van der Waals surface area contributed by atoms with Crippen molar-refractivity contribution in [3.63, 3.8) is 0 Å². The fraction of sp³-hybridized carbons (Fsp3) is 0.462. The number of nitrogens with one attached hydrogen (secondary N) is 2. The van der Waals surface area contributed by atoms with Gasteiger partial charge in [0.2, 0.25) is 5.88 Å². The van der Waals surface area contributed by atoms with E-state index >= 15 is 0 Å². The van der Waals surface area contributed by atoms with Crippen LogP contribution in [0.4, 0.5) is 22.0 Å². The van der Waals surface area contributed by atoms with Crippen molar-refractivity contribution in [2.75, 3.05) is 56.2 Å². The Morgan fingerprint density at radius 3 is 2.58 bits per heavy atom. The van der Waals surface area contributed by atoms with Gasteiger partial charge in [0, 0.05) is 49.5 Å². The third-order valence-corrected chi connectivity index (χ3v) is 6.44. The number of primary amides is 1. The van der Waals surface area contributed by atoms with Gasteiger partial charge in [-0.3, -0.25) is 9.59 Å². The van der Waals surface area contributed by atoms with Gasteiger partial charge in [-0.2, -0.15) is 4.98 Å². The van der Waals surface area contributed by atoms with Crippen LogP contribution in [0, 0.1) is 0 Å². The van der Waals surface area contributed by atoms with Crippen LogP contribution in [0.1, 0.15) is 46.9 Å². The summed E-state index contributed by atoms with van der Waals surface area (Å²) < 4.78 is 11.1. The van der Waals surface area contributed by atoms with Crippen molar-refractivity contribution in [2.45, 2.75) is 32.2 Å². The number of carbonyl (C=O) groups excluding carboxylic acids is 2. The van der Waals surface area contributed by atoms with Gasteiger partial charge < -0.3 is 40.7 Å². The molecule has 0 aliphatic carbocycles. The summed E-state index contributed by atoms with van der Waals surface area (Å²) >= 11 is 0. The van der Waals surface area contributed by atoms with Crippen LogP contribution >= 0.6 is 0 Å². The highest BCUT2D eigenvalue weighted by Crippen LogP contribution is 2.33. The summed E-state index contributed by atoms with van der Waals surface area (Å²) in [6.07, 6.45) is 1.14. The van der Waals surface area contributed by atoms with Crippen molar-refractivity contribution in [3.05, 3.63) is 41.5 Å². The molecule has 3 amide bonds. The molecular weight excluding hydrogens is 492 g/mol. The summed E-state index contributed by atoms with van der Waals surface area (Å²) in [6, 6.07) is 8.46. The van der Waals surface area contributed by atoms with Crippen molar-refractivity contribution in [2.24, 2.45) is 5.73 Å². The summed E-state index contributed by atoms with van der Waals surface area (Å²) in [5.41, 5.74) is 7.48. The lowest BCUT2D eigenvalue weighted by Crippen LogP contribution is -2.47. The van der Waals surface area contributed by atoms with Gasteiger partial charge >= 0.3 is 6.09 Å². The molecule has 4 rings (SSSR count). The maximum absolute atomic E-state index is 12.8. The molecule has 2 aliphatic rings. The van der Waals surface area contributed by atoms with E-state index in [9.17, 15) is 14.4 Å². The van der Waals surface area contributed by atoms with Crippen LogP contribution in [0.2, 0.25) is 0 Å². The minimum Gasteiger partial charge on any atom is -0.477 e. The van der Waals surface area contributed by atoms with E-state index in [0.29, 0.717) is 75.2 Å². The number of nitrogens with zero attached hydrogens (tertiary/aromatic N) is 3. The van der Waals surface area contributed by atoms with Gasteiger partial charge in [0.15, 0.2) is 0 Å². The molecule has 2 fully saturated rings. The van der Waals surface area contributed by atoms with Gasteiger partial charge in [-0.15, -0.1) is 0 Å². The second-order valence-electron chi connectivity index (χ2n) is 9.26. The minimum absolute atomic E-state index is 0.0613. The number of rotatable bonds is 9. The largest absolute Gasteiger partial charge is 0.477 e. The lowest BCUT2D eigenvalue weighted by atomic mass is 10.1. The van der Waals surface area contributed by atoms with Gasteiger partial charge in [-0.1, -0.05) is 6.92 Å². The maximum atomic E-state index is 12.8. The number of carboxylic acid groups (broad SMARTS) is 1. The molecule has 12 nitrogen and oxygen atoms in total. The standard InChI is InChI=1S/C26H34N6O6/c1-2-12-38-24-22(23(27)33)20(15-21(30-24)32-9-3-4-19(16-32)29-26(35)36)28-18-7-5-17(6-8-18)25(34)31-10-13-37-14-11-31/h5-8,15,19,29H,2-4,9-14,16H2,1H3,(H2,27,33)(H,28,30)(H,35,36). The molecule has 0 radical (unpaired) electrons.